The van der Waals surface area contributed by atoms with Crippen LogP contribution in [0.3, 0.4) is 0 Å². The Morgan fingerprint density at radius 1 is 0.667 bits per heavy atom. The lowest BCUT2D eigenvalue weighted by Gasteiger charge is -2.46. The van der Waals surface area contributed by atoms with Gasteiger partial charge in [0.2, 0.25) is 0 Å². The van der Waals surface area contributed by atoms with Gasteiger partial charge in [-0.15, -0.1) is 0 Å². The zero-order valence-corrected chi connectivity index (χ0v) is 10.7. The molecule has 18 heavy (non-hydrogen) atoms. The summed E-state index contributed by atoms with van der Waals surface area (Å²) in [6.07, 6.45) is -0.0471. The van der Waals surface area contributed by atoms with Crippen LogP contribution in [0.1, 0.15) is 13.8 Å². The van der Waals surface area contributed by atoms with Crippen molar-refractivity contribution in [2.75, 3.05) is 26.4 Å². The van der Waals surface area contributed by atoms with E-state index >= 15 is 0 Å². The minimum Gasteiger partial charge on any atom is -0.357 e. The molecule has 0 N–H and O–H groups in total. The molecule has 0 saturated carbocycles. The summed E-state index contributed by atoms with van der Waals surface area (Å²) in [5.74, 6) is 0. The van der Waals surface area contributed by atoms with Crippen LogP contribution in [0.25, 0.3) is 0 Å². The summed E-state index contributed by atoms with van der Waals surface area (Å²) < 4.78 is 24.0. The van der Waals surface area contributed by atoms with Gasteiger partial charge in [0, 0.05) is 0 Å². The van der Waals surface area contributed by atoms with Gasteiger partial charge in [-0.25, -0.2) is 9.80 Å². The quantitative estimate of drug-likeness (QED) is 0.583. The Hall–Kier alpha value is -0.240. The molecule has 100 valence electrons. The molecule has 6 nitrogen and oxygen atoms in total. The summed E-state index contributed by atoms with van der Waals surface area (Å²) in [5.41, 5.74) is -0.0363. The van der Waals surface area contributed by atoms with E-state index in [1.807, 2.05) is 0 Å². The third-order valence-corrected chi connectivity index (χ3v) is 5.09. The first-order chi connectivity index (χ1) is 8.62. The normalized spacial score (nSPS) is 62.3. The molecule has 5 heterocycles. The third-order valence-electron chi connectivity index (χ3n) is 5.09. The predicted octanol–water partition coefficient (Wildman–Crippen LogP) is -0.453. The Morgan fingerprint density at radius 3 is 1.22 bits per heavy atom. The largest absolute Gasteiger partial charge is 0.357 e. The Balaban J connectivity index is 1.63. The number of hydrogen-bond donors (Lipinski definition) is 0. The fourth-order valence-electron chi connectivity index (χ4n) is 4.16. The van der Waals surface area contributed by atoms with E-state index in [1.54, 1.807) is 0 Å². The van der Waals surface area contributed by atoms with Crippen molar-refractivity contribution in [2.45, 2.75) is 49.8 Å². The van der Waals surface area contributed by atoms with E-state index in [0.29, 0.717) is 26.4 Å². The van der Waals surface area contributed by atoms with Crippen molar-refractivity contribution in [1.29, 1.82) is 0 Å². The molecule has 5 saturated heterocycles. The Labute approximate surface area is 106 Å². The molecule has 5 rings (SSSR count). The molecule has 5 aliphatic rings. The second-order valence-electron chi connectivity index (χ2n) is 6.61. The van der Waals surface area contributed by atoms with Gasteiger partial charge in [-0.2, -0.15) is 0 Å². The number of fused-ring (bicyclic) bond motifs is 2. The molecular formula is C12H18N2O4. The van der Waals surface area contributed by atoms with Gasteiger partial charge in [0.15, 0.2) is 24.9 Å². The Morgan fingerprint density at radius 2 is 0.944 bits per heavy atom. The lowest BCUT2D eigenvalue weighted by atomic mass is 10.0. The average Bonchev–Trinajstić information content (AvgIpc) is 3.01. The van der Waals surface area contributed by atoms with E-state index in [-0.39, 0.29) is 36.0 Å². The molecule has 0 aromatic carbocycles. The van der Waals surface area contributed by atoms with Crippen molar-refractivity contribution in [3.63, 3.8) is 0 Å². The number of hydrogen-bond acceptors (Lipinski definition) is 6. The lowest BCUT2D eigenvalue weighted by molar-refractivity contribution is -0.252. The maximum Gasteiger partial charge on any atom is 0.153 e. The van der Waals surface area contributed by atoms with Gasteiger partial charge < -0.3 is 18.9 Å². The Bertz CT molecular complexity index is 351. The topological polar surface area (TPSA) is 43.4 Å². The highest BCUT2D eigenvalue weighted by Crippen LogP contribution is 2.50. The maximum atomic E-state index is 6.00. The zero-order chi connectivity index (χ0) is 12.1. The first kappa shape index (κ1) is 10.5. The second-order valence-corrected chi connectivity index (χ2v) is 6.61. The van der Waals surface area contributed by atoms with Gasteiger partial charge >= 0.3 is 0 Å². The average molecular weight is 254 g/mol. The summed E-state index contributed by atoms with van der Waals surface area (Å²) in [6.45, 7) is 7.25. The highest BCUT2D eigenvalue weighted by Gasteiger charge is 2.69. The van der Waals surface area contributed by atoms with Gasteiger partial charge in [0.05, 0.1) is 37.5 Å². The number of rotatable bonds is 0. The highest BCUT2D eigenvalue weighted by atomic mass is 16.6. The predicted molar refractivity (Wildman–Crippen MR) is 59.4 cm³/mol. The second kappa shape index (κ2) is 2.92. The first-order valence-corrected chi connectivity index (χ1v) is 6.66. The summed E-state index contributed by atoms with van der Waals surface area (Å²) in [4.78, 5) is 4.66. The fourth-order valence-corrected chi connectivity index (χ4v) is 4.16. The summed E-state index contributed by atoms with van der Waals surface area (Å²) in [7, 11) is 0. The maximum absolute atomic E-state index is 6.00. The van der Waals surface area contributed by atoms with Crippen LogP contribution < -0.4 is 0 Å². The summed E-state index contributed by atoms with van der Waals surface area (Å²) in [6, 6.07) is 0. The minimum absolute atomic E-state index is 0.0118. The van der Waals surface area contributed by atoms with Crippen LogP contribution in [0, 0.1) is 0 Å². The molecule has 6 heteroatoms. The molecule has 5 fully saturated rings. The van der Waals surface area contributed by atoms with Gasteiger partial charge in [-0.3, -0.25) is 0 Å². The van der Waals surface area contributed by atoms with Gasteiger partial charge in [-0.05, 0) is 13.8 Å². The van der Waals surface area contributed by atoms with E-state index in [0.717, 1.165) is 0 Å². The number of piperazine rings is 1. The molecule has 4 unspecified atom stereocenters. The van der Waals surface area contributed by atoms with Gasteiger partial charge in [-0.1, -0.05) is 0 Å². The number of ether oxygens (including phenoxy) is 4. The SMILES string of the molecule is CC12COC3C4OCC5(C)COC(C(OC1)N32)N45. The van der Waals surface area contributed by atoms with E-state index in [1.165, 1.54) is 0 Å². The molecular weight excluding hydrogens is 236 g/mol. The molecule has 0 aromatic heterocycles. The van der Waals surface area contributed by atoms with Gasteiger partial charge in [0.1, 0.15) is 0 Å². The van der Waals surface area contributed by atoms with Crippen LogP contribution in [0.4, 0.5) is 0 Å². The van der Waals surface area contributed by atoms with Crippen molar-refractivity contribution >= 4 is 0 Å². The Kier molecular flexibility index (Phi) is 1.71. The van der Waals surface area contributed by atoms with E-state index in [9.17, 15) is 0 Å². The molecule has 0 aliphatic carbocycles. The molecule has 0 aromatic rings. The first-order valence-electron chi connectivity index (χ1n) is 6.66. The smallest absolute Gasteiger partial charge is 0.153 e. The molecule has 0 bridgehead atoms. The van der Waals surface area contributed by atoms with Crippen LogP contribution in [-0.4, -0.2) is 72.2 Å². The van der Waals surface area contributed by atoms with Crippen molar-refractivity contribution in [3.05, 3.63) is 0 Å². The van der Waals surface area contributed by atoms with E-state index in [4.69, 9.17) is 18.9 Å². The highest BCUT2D eigenvalue weighted by molar-refractivity contribution is 5.12. The molecule has 0 spiro atoms. The van der Waals surface area contributed by atoms with Crippen molar-refractivity contribution in [2.24, 2.45) is 0 Å². The summed E-state index contributed by atoms with van der Waals surface area (Å²) >= 11 is 0. The standard InChI is InChI=1S/C12H18N2O4/c1-11-3-15-7-9-14-10(8(13(7)11)16-4-11)18-6-12(14,2)5-17-9/h7-10H,3-6H2,1-2H3. The van der Waals surface area contributed by atoms with Crippen molar-refractivity contribution in [3.8, 4) is 0 Å². The van der Waals surface area contributed by atoms with Crippen LogP contribution in [0.5, 0.6) is 0 Å². The van der Waals surface area contributed by atoms with Crippen LogP contribution in [0.15, 0.2) is 0 Å². The minimum atomic E-state index is -0.0181. The van der Waals surface area contributed by atoms with E-state index < -0.39 is 0 Å². The third kappa shape index (κ3) is 0.961. The van der Waals surface area contributed by atoms with E-state index in [2.05, 4.69) is 23.6 Å². The van der Waals surface area contributed by atoms with Crippen molar-refractivity contribution in [1.82, 2.24) is 9.80 Å². The lowest BCUT2D eigenvalue weighted by Crippen LogP contribution is -2.67. The molecule has 0 amide bonds. The zero-order valence-electron chi connectivity index (χ0n) is 10.7. The van der Waals surface area contributed by atoms with Crippen molar-refractivity contribution < 1.29 is 18.9 Å². The van der Waals surface area contributed by atoms with Crippen LogP contribution in [-0.2, 0) is 18.9 Å². The van der Waals surface area contributed by atoms with Gasteiger partial charge in [0.25, 0.3) is 0 Å². The van der Waals surface area contributed by atoms with Crippen LogP contribution in [0.2, 0.25) is 0 Å². The van der Waals surface area contributed by atoms with Crippen LogP contribution >= 0.6 is 0 Å². The molecule has 4 atom stereocenters. The summed E-state index contributed by atoms with van der Waals surface area (Å²) in [5, 5.41) is 0. The fraction of sp³-hybridized carbons (Fsp3) is 1.00. The molecule has 5 aliphatic heterocycles. The monoisotopic (exact) mass is 254 g/mol. The number of nitrogens with zero attached hydrogens (tertiary/aromatic N) is 2. The molecule has 0 radical (unpaired) electrons.